The number of fused-ring (bicyclic) bond motifs is 3. The molecule has 154 valence electrons. The van der Waals surface area contributed by atoms with Crippen LogP contribution in [0.4, 0.5) is 0 Å². The third-order valence-corrected chi connectivity index (χ3v) is 7.00. The Balaban J connectivity index is 1.34. The molecule has 3 saturated heterocycles. The fourth-order valence-electron chi connectivity index (χ4n) is 5.45. The molecule has 0 aromatic heterocycles. The van der Waals surface area contributed by atoms with Crippen molar-refractivity contribution in [3.63, 3.8) is 0 Å². The van der Waals surface area contributed by atoms with E-state index in [1.807, 2.05) is 12.1 Å². The smallest absolute Gasteiger partial charge is 0.255 e. The number of rotatable bonds is 3. The van der Waals surface area contributed by atoms with Gasteiger partial charge in [0.25, 0.3) is 5.91 Å². The van der Waals surface area contributed by atoms with Crippen LogP contribution in [0.2, 0.25) is 0 Å². The van der Waals surface area contributed by atoms with Crippen molar-refractivity contribution in [1.29, 1.82) is 0 Å². The number of imide groups is 1. The lowest BCUT2D eigenvalue weighted by Gasteiger charge is -2.40. The van der Waals surface area contributed by atoms with E-state index >= 15 is 0 Å². The molecule has 3 amide bonds. The molecule has 0 saturated carbocycles. The second-order valence-electron chi connectivity index (χ2n) is 8.80. The minimum atomic E-state index is -0.549. The van der Waals surface area contributed by atoms with E-state index in [9.17, 15) is 14.4 Å². The van der Waals surface area contributed by atoms with Crippen LogP contribution in [-0.4, -0.2) is 58.7 Å². The molecular weight excluding hydrogens is 368 g/mol. The number of nitrogens with one attached hydrogen (secondary N) is 2. The van der Waals surface area contributed by atoms with E-state index in [2.05, 4.69) is 21.6 Å². The fourth-order valence-corrected chi connectivity index (χ4v) is 5.45. The molecule has 4 aliphatic heterocycles. The van der Waals surface area contributed by atoms with Gasteiger partial charge in [-0.05, 0) is 49.4 Å². The van der Waals surface area contributed by atoms with Gasteiger partial charge in [-0.1, -0.05) is 18.6 Å². The van der Waals surface area contributed by atoms with Crippen LogP contribution in [0.15, 0.2) is 18.2 Å². The molecule has 0 radical (unpaired) electrons. The summed E-state index contributed by atoms with van der Waals surface area (Å²) in [6.07, 6.45) is 5.66. The summed E-state index contributed by atoms with van der Waals surface area (Å²) in [6.45, 7) is 3.44. The second-order valence-corrected chi connectivity index (χ2v) is 8.80. The maximum absolute atomic E-state index is 13.1. The summed E-state index contributed by atoms with van der Waals surface area (Å²) in [5.74, 6) is -0.697. The molecular formula is C22H28N4O3. The molecule has 3 atom stereocenters. The Morgan fingerprint density at radius 1 is 1.03 bits per heavy atom. The van der Waals surface area contributed by atoms with Crippen LogP contribution in [0.25, 0.3) is 0 Å². The Bertz CT molecular complexity index is 840. The third kappa shape index (κ3) is 3.46. The van der Waals surface area contributed by atoms with Crippen molar-refractivity contribution in [2.45, 2.75) is 69.7 Å². The lowest BCUT2D eigenvalue weighted by Crippen LogP contribution is -2.52. The monoisotopic (exact) mass is 396 g/mol. The molecule has 7 heteroatoms. The van der Waals surface area contributed by atoms with Crippen LogP contribution >= 0.6 is 0 Å². The second kappa shape index (κ2) is 7.54. The molecule has 3 unspecified atom stereocenters. The zero-order valence-corrected chi connectivity index (χ0v) is 16.7. The van der Waals surface area contributed by atoms with E-state index in [0.717, 1.165) is 25.2 Å². The molecule has 3 fully saturated rings. The van der Waals surface area contributed by atoms with E-state index in [-0.39, 0.29) is 24.1 Å². The highest BCUT2D eigenvalue weighted by atomic mass is 16.2. The SMILES string of the molecule is O=C1CCC(N2Cc3ccc(CN4C5CCCC4CNCC5)cc3C2=O)C(=O)N1. The Kier molecular flexibility index (Phi) is 4.87. The molecule has 1 aromatic carbocycles. The Labute approximate surface area is 170 Å². The zero-order chi connectivity index (χ0) is 20.0. The van der Waals surface area contributed by atoms with Crippen LogP contribution in [0.5, 0.6) is 0 Å². The van der Waals surface area contributed by atoms with Gasteiger partial charge in [-0.2, -0.15) is 0 Å². The van der Waals surface area contributed by atoms with Gasteiger partial charge in [-0.15, -0.1) is 0 Å². The molecule has 4 heterocycles. The van der Waals surface area contributed by atoms with Gasteiger partial charge in [0.15, 0.2) is 0 Å². The third-order valence-electron chi connectivity index (χ3n) is 7.00. The Morgan fingerprint density at radius 3 is 2.76 bits per heavy atom. The number of carbonyl (C=O) groups excluding carboxylic acids is 3. The summed E-state index contributed by atoms with van der Waals surface area (Å²) in [5.41, 5.74) is 2.85. The first-order valence-electron chi connectivity index (χ1n) is 10.8. The summed E-state index contributed by atoms with van der Waals surface area (Å²) in [4.78, 5) is 41.0. The van der Waals surface area contributed by atoms with E-state index in [4.69, 9.17) is 0 Å². The topological polar surface area (TPSA) is 81.8 Å². The van der Waals surface area contributed by atoms with Gasteiger partial charge in [0, 0.05) is 43.7 Å². The first-order chi connectivity index (χ1) is 14.1. The van der Waals surface area contributed by atoms with Gasteiger partial charge in [0.1, 0.15) is 6.04 Å². The van der Waals surface area contributed by atoms with Gasteiger partial charge < -0.3 is 10.2 Å². The number of piperidine rings is 2. The number of benzene rings is 1. The summed E-state index contributed by atoms with van der Waals surface area (Å²) < 4.78 is 0. The van der Waals surface area contributed by atoms with Crippen molar-refractivity contribution in [1.82, 2.24) is 20.4 Å². The van der Waals surface area contributed by atoms with E-state index in [1.54, 1.807) is 4.90 Å². The summed E-state index contributed by atoms with van der Waals surface area (Å²) in [7, 11) is 0. The van der Waals surface area contributed by atoms with Gasteiger partial charge >= 0.3 is 0 Å². The van der Waals surface area contributed by atoms with Crippen molar-refractivity contribution in [3.8, 4) is 0 Å². The number of nitrogens with zero attached hydrogens (tertiary/aromatic N) is 2. The largest absolute Gasteiger partial charge is 0.322 e. The lowest BCUT2D eigenvalue weighted by molar-refractivity contribution is -0.136. The van der Waals surface area contributed by atoms with Gasteiger partial charge in [0.2, 0.25) is 11.8 Å². The molecule has 2 N–H and O–H groups in total. The van der Waals surface area contributed by atoms with Crippen LogP contribution in [0, 0.1) is 0 Å². The molecule has 1 aromatic rings. The molecule has 4 aliphatic rings. The van der Waals surface area contributed by atoms with Crippen LogP contribution in [0.1, 0.15) is 60.0 Å². The maximum Gasteiger partial charge on any atom is 0.255 e. The van der Waals surface area contributed by atoms with Gasteiger partial charge in [-0.25, -0.2) is 0 Å². The van der Waals surface area contributed by atoms with Gasteiger partial charge in [-0.3, -0.25) is 24.6 Å². The standard InChI is InChI=1S/C22H28N4O3/c27-20-7-6-19(21(28)24-20)26-13-15-5-4-14(10-18(15)22(26)29)12-25-16-2-1-3-17(25)11-23-9-8-16/h4-5,10,16-17,19,23H,1-3,6-9,11-13H2,(H,24,27,28). The van der Waals surface area contributed by atoms with Crippen molar-refractivity contribution in [2.75, 3.05) is 13.1 Å². The highest BCUT2D eigenvalue weighted by Crippen LogP contribution is 2.31. The molecule has 29 heavy (non-hydrogen) atoms. The normalized spacial score (nSPS) is 30.1. The minimum absolute atomic E-state index is 0.0888. The number of carbonyl (C=O) groups is 3. The first-order valence-corrected chi connectivity index (χ1v) is 10.8. The number of amides is 3. The van der Waals surface area contributed by atoms with Crippen molar-refractivity contribution >= 4 is 17.7 Å². The maximum atomic E-state index is 13.1. The van der Waals surface area contributed by atoms with E-state index < -0.39 is 6.04 Å². The average Bonchev–Trinajstić information content (AvgIpc) is 2.98. The number of hydrogen-bond acceptors (Lipinski definition) is 5. The molecule has 5 rings (SSSR count). The summed E-state index contributed by atoms with van der Waals surface area (Å²) in [5, 5.41) is 5.93. The predicted molar refractivity (Wildman–Crippen MR) is 107 cm³/mol. The quantitative estimate of drug-likeness (QED) is 0.750. The summed E-state index contributed by atoms with van der Waals surface area (Å²) >= 11 is 0. The summed E-state index contributed by atoms with van der Waals surface area (Å²) in [6, 6.07) is 6.84. The van der Waals surface area contributed by atoms with Crippen molar-refractivity contribution < 1.29 is 14.4 Å². The van der Waals surface area contributed by atoms with Crippen molar-refractivity contribution in [2.24, 2.45) is 0 Å². The van der Waals surface area contributed by atoms with Gasteiger partial charge in [0.05, 0.1) is 0 Å². The molecule has 2 bridgehead atoms. The molecule has 0 aliphatic carbocycles. The Morgan fingerprint density at radius 2 is 1.90 bits per heavy atom. The lowest BCUT2D eigenvalue weighted by atomic mass is 9.93. The molecule has 0 spiro atoms. The van der Waals surface area contributed by atoms with Crippen LogP contribution < -0.4 is 10.6 Å². The van der Waals surface area contributed by atoms with Crippen molar-refractivity contribution in [3.05, 3.63) is 34.9 Å². The minimum Gasteiger partial charge on any atom is -0.322 e. The highest BCUT2D eigenvalue weighted by molar-refractivity contribution is 6.05. The van der Waals surface area contributed by atoms with Crippen LogP contribution in [0.3, 0.4) is 0 Å². The fraction of sp³-hybridized carbons (Fsp3) is 0.591. The average molecular weight is 396 g/mol. The van der Waals surface area contributed by atoms with E-state index in [0.29, 0.717) is 30.6 Å². The highest BCUT2D eigenvalue weighted by Gasteiger charge is 2.39. The first kappa shape index (κ1) is 18.8. The Hall–Kier alpha value is -2.25. The zero-order valence-electron chi connectivity index (χ0n) is 16.7. The predicted octanol–water partition coefficient (Wildman–Crippen LogP) is 1.16. The number of hydrogen-bond donors (Lipinski definition) is 2. The van der Waals surface area contributed by atoms with Crippen LogP contribution in [-0.2, 0) is 22.7 Å². The van der Waals surface area contributed by atoms with E-state index in [1.165, 1.54) is 31.2 Å². The molecule has 7 nitrogen and oxygen atoms in total.